The lowest BCUT2D eigenvalue weighted by molar-refractivity contribution is -0.0534. The second kappa shape index (κ2) is 3.75. The van der Waals surface area contributed by atoms with Gasteiger partial charge < -0.3 is 4.74 Å². The molecule has 1 unspecified atom stereocenters. The maximum Gasteiger partial charge on any atom is 0.235 e. The van der Waals surface area contributed by atoms with Crippen LogP contribution < -0.4 is 0 Å². The fourth-order valence-electron chi connectivity index (χ4n) is 1.59. The summed E-state index contributed by atoms with van der Waals surface area (Å²) in [4.78, 5) is 0. The van der Waals surface area contributed by atoms with Gasteiger partial charge in [-0.2, -0.15) is 0 Å². The van der Waals surface area contributed by atoms with Crippen LogP contribution in [0.3, 0.4) is 0 Å². The van der Waals surface area contributed by atoms with Crippen LogP contribution in [0.1, 0.15) is 26.7 Å². The summed E-state index contributed by atoms with van der Waals surface area (Å²) in [5, 5.41) is 0. The smallest absolute Gasteiger partial charge is 0.235 e. The molecule has 1 aliphatic rings. The van der Waals surface area contributed by atoms with Crippen molar-refractivity contribution in [3.05, 3.63) is 0 Å². The monoisotopic (exact) mass is 226 g/mol. The third kappa shape index (κ3) is 3.44. The van der Waals surface area contributed by atoms with Crippen molar-refractivity contribution in [3.63, 3.8) is 0 Å². The lowest BCUT2D eigenvalue weighted by Crippen LogP contribution is -2.40. The summed E-state index contributed by atoms with van der Waals surface area (Å²) >= 11 is 0. The summed E-state index contributed by atoms with van der Waals surface area (Å²) in [6.45, 7) is 4.66. The third-order valence-corrected chi connectivity index (χ3v) is 3.59. The van der Waals surface area contributed by atoms with E-state index < -0.39 is 9.05 Å². The summed E-state index contributed by atoms with van der Waals surface area (Å²) in [5.41, 5.74) is -0.0831. The molecule has 1 atom stereocenters. The Morgan fingerprint density at radius 2 is 2.15 bits per heavy atom. The van der Waals surface area contributed by atoms with Crippen LogP contribution >= 0.6 is 10.7 Å². The highest BCUT2D eigenvalue weighted by molar-refractivity contribution is 8.13. The van der Waals surface area contributed by atoms with Gasteiger partial charge in [-0.25, -0.2) is 8.42 Å². The molecule has 1 aliphatic heterocycles. The Bertz CT molecular complexity index is 271. The summed E-state index contributed by atoms with van der Waals surface area (Å²) in [5.74, 6) is -0.0818. The van der Waals surface area contributed by atoms with E-state index in [1.54, 1.807) is 0 Å². The molecule has 78 valence electrons. The van der Waals surface area contributed by atoms with Crippen molar-refractivity contribution in [2.24, 2.45) is 5.41 Å². The van der Waals surface area contributed by atoms with Crippen LogP contribution in [0.5, 0.6) is 0 Å². The molecule has 0 radical (unpaired) electrons. The van der Waals surface area contributed by atoms with Gasteiger partial charge in [-0.05, 0) is 18.3 Å². The first kappa shape index (κ1) is 11.3. The fourth-order valence-corrected chi connectivity index (χ4v) is 2.85. The number of hydrogen-bond donors (Lipinski definition) is 0. The molecule has 0 N–H and O–H groups in total. The van der Waals surface area contributed by atoms with Gasteiger partial charge >= 0.3 is 0 Å². The Morgan fingerprint density at radius 1 is 1.54 bits per heavy atom. The molecule has 1 heterocycles. The van der Waals surface area contributed by atoms with E-state index in [0.717, 1.165) is 12.8 Å². The van der Waals surface area contributed by atoms with Gasteiger partial charge in [-0.1, -0.05) is 13.8 Å². The van der Waals surface area contributed by atoms with Crippen LogP contribution in [0.2, 0.25) is 0 Å². The number of rotatable bonds is 2. The number of hydrogen-bond acceptors (Lipinski definition) is 3. The molecule has 0 saturated carbocycles. The minimum absolute atomic E-state index is 0.0818. The van der Waals surface area contributed by atoms with Crippen molar-refractivity contribution in [2.45, 2.75) is 32.8 Å². The zero-order valence-electron chi connectivity index (χ0n) is 7.92. The largest absolute Gasteiger partial charge is 0.377 e. The van der Waals surface area contributed by atoms with Gasteiger partial charge in [-0.3, -0.25) is 0 Å². The molecule has 13 heavy (non-hydrogen) atoms. The van der Waals surface area contributed by atoms with Gasteiger partial charge in [0.15, 0.2) is 0 Å². The Balaban J connectivity index is 2.67. The average molecular weight is 227 g/mol. The van der Waals surface area contributed by atoms with Gasteiger partial charge in [0, 0.05) is 17.3 Å². The standard InChI is InChI=1S/C8H15ClO3S/c1-8(2)4-3-5-12-7(8)6-13(9,10)11/h7H,3-6H2,1-2H3. The van der Waals surface area contributed by atoms with Crippen molar-refractivity contribution in [2.75, 3.05) is 12.4 Å². The normalized spacial score (nSPS) is 28.7. The lowest BCUT2D eigenvalue weighted by Gasteiger charge is -2.37. The molecule has 1 fully saturated rings. The van der Waals surface area contributed by atoms with Gasteiger partial charge in [0.05, 0.1) is 11.9 Å². The third-order valence-electron chi connectivity index (χ3n) is 2.51. The molecule has 0 amide bonds. The van der Waals surface area contributed by atoms with Crippen molar-refractivity contribution < 1.29 is 13.2 Å². The van der Waals surface area contributed by atoms with E-state index in [1.165, 1.54) is 0 Å². The van der Waals surface area contributed by atoms with Gasteiger partial charge in [0.25, 0.3) is 0 Å². The van der Waals surface area contributed by atoms with Crippen molar-refractivity contribution in [1.29, 1.82) is 0 Å². The number of ether oxygens (including phenoxy) is 1. The zero-order valence-corrected chi connectivity index (χ0v) is 9.49. The van der Waals surface area contributed by atoms with Crippen molar-refractivity contribution >= 4 is 19.7 Å². The van der Waals surface area contributed by atoms with Crippen LogP contribution in [0.25, 0.3) is 0 Å². The van der Waals surface area contributed by atoms with Gasteiger partial charge in [0.2, 0.25) is 9.05 Å². The highest BCUT2D eigenvalue weighted by Gasteiger charge is 2.35. The van der Waals surface area contributed by atoms with Crippen LogP contribution in [0.4, 0.5) is 0 Å². The molecule has 5 heteroatoms. The Morgan fingerprint density at radius 3 is 2.62 bits per heavy atom. The van der Waals surface area contributed by atoms with E-state index >= 15 is 0 Å². The Kier molecular flexibility index (Phi) is 3.25. The van der Waals surface area contributed by atoms with Crippen molar-refractivity contribution in [3.8, 4) is 0 Å². The zero-order chi connectivity index (χ0) is 10.1. The first-order chi connectivity index (χ1) is 5.81. The predicted molar refractivity (Wildman–Crippen MR) is 52.4 cm³/mol. The SMILES string of the molecule is CC1(C)CCCOC1CS(=O)(=O)Cl. The maximum atomic E-state index is 10.9. The Hall–Kier alpha value is 0.200. The molecule has 0 bridgehead atoms. The van der Waals surface area contributed by atoms with E-state index in [0.29, 0.717) is 6.61 Å². The Labute approximate surface area is 83.8 Å². The average Bonchev–Trinajstić information content (AvgIpc) is 1.91. The molecule has 0 aliphatic carbocycles. The first-order valence-corrected chi connectivity index (χ1v) is 6.83. The van der Waals surface area contributed by atoms with Crippen LogP contribution in [-0.2, 0) is 13.8 Å². The second-order valence-corrected chi connectivity index (χ2v) is 6.98. The minimum atomic E-state index is -3.45. The van der Waals surface area contributed by atoms with E-state index in [2.05, 4.69) is 0 Å². The molecule has 1 saturated heterocycles. The van der Waals surface area contributed by atoms with Gasteiger partial charge in [0.1, 0.15) is 0 Å². The van der Waals surface area contributed by atoms with E-state index in [1.807, 2.05) is 13.8 Å². The number of halogens is 1. The molecule has 0 aromatic rings. The molecular weight excluding hydrogens is 212 g/mol. The van der Waals surface area contributed by atoms with Crippen LogP contribution in [-0.4, -0.2) is 26.9 Å². The highest BCUT2D eigenvalue weighted by Crippen LogP contribution is 2.34. The molecule has 0 aromatic heterocycles. The van der Waals surface area contributed by atoms with E-state index in [9.17, 15) is 8.42 Å². The summed E-state index contributed by atoms with van der Waals surface area (Å²) in [6.07, 6.45) is 1.72. The second-order valence-electron chi connectivity index (χ2n) is 4.16. The van der Waals surface area contributed by atoms with Crippen molar-refractivity contribution in [1.82, 2.24) is 0 Å². The highest BCUT2D eigenvalue weighted by atomic mass is 35.7. The first-order valence-electron chi connectivity index (χ1n) is 4.35. The topological polar surface area (TPSA) is 43.4 Å². The van der Waals surface area contributed by atoms with E-state index in [4.69, 9.17) is 15.4 Å². The fraction of sp³-hybridized carbons (Fsp3) is 1.00. The lowest BCUT2D eigenvalue weighted by atomic mass is 9.81. The maximum absolute atomic E-state index is 10.9. The van der Waals surface area contributed by atoms with E-state index in [-0.39, 0.29) is 17.3 Å². The molecule has 1 rings (SSSR count). The summed E-state index contributed by atoms with van der Waals surface area (Å²) in [6, 6.07) is 0. The molecule has 0 aromatic carbocycles. The quantitative estimate of drug-likeness (QED) is 0.674. The summed E-state index contributed by atoms with van der Waals surface area (Å²) in [7, 11) is 1.74. The summed E-state index contributed by atoms with van der Waals surface area (Å²) < 4.78 is 27.2. The van der Waals surface area contributed by atoms with Crippen LogP contribution in [0.15, 0.2) is 0 Å². The minimum Gasteiger partial charge on any atom is -0.377 e. The molecule has 3 nitrogen and oxygen atoms in total. The predicted octanol–water partition coefficient (Wildman–Crippen LogP) is 1.76. The van der Waals surface area contributed by atoms with Crippen LogP contribution in [0, 0.1) is 5.41 Å². The molecular formula is C8H15ClO3S. The van der Waals surface area contributed by atoms with Gasteiger partial charge in [-0.15, -0.1) is 0 Å². The molecule has 0 spiro atoms.